The van der Waals surface area contributed by atoms with E-state index in [1.807, 2.05) is 31.0 Å². The average molecular weight is 459 g/mol. The van der Waals surface area contributed by atoms with Crippen molar-refractivity contribution in [2.75, 3.05) is 19.0 Å². The smallest absolute Gasteiger partial charge is 0.255 e. The van der Waals surface area contributed by atoms with Gasteiger partial charge in [0.25, 0.3) is 11.8 Å². The van der Waals surface area contributed by atoms with Gasteiger partial charge in [0.1, 0.15) is 5.75 Å². The Morgan fingerprint density at radius 2 is 1.86 bits per heavy atom. The van der Waals surface area contributed by atoms with E-state index in [2.05, 4.69) is 21.2 Å². The van der Waals surface area contributed by atoms with Crippen LogP contribution in [0.3, 0.4) is 0 Å². The number of nitrogens with zero attached hydrogens (tertiary/aromatic N) is 1. The Balaban J connectivity index is 1.77. The van der Waals surface area contributed by atoms with Crippen molar-refractivity contribution in [2.45, 2.75) is 45.1 Å². The van der Waals surface area contributed by atoms with Crippen LogP contribution in [0, 0.1) is 0 Å². The highest BCUT2D eigenvalue weighted by molar-refractivity contribution is 9.10. The standard InChI is InChI=1S/C23H27BrN2O3/c1-3-29-21-14-13-16(15-19(21)24)22(27)25-20-12-8-7-11-18(20)23(28)26(2)17-9-5-4-6-10-17/h7-8,11-15,17H,3-6,9-10H2,1-2H3,(H,25,27). The number of ether oxygens (including phenoxy) is 1. The van der Waals surface area contributed by atoms with Crippen LogP contribution in [0.4, 0.5) is 5.69 Å². The van der Waals surface area contributed by atoms with Crippen molar-refractivity contribution in [3.05, 3.63) is 58.1 Å². The summed E-state index contributed by atoms with van der Waals surface area (Å²) in [6.07, 6.45) is 5.64. The molecule has 1 fully saturated rings. The summed E-state index contributed by atoms with van der Waals surface area (Å²) in [6.45, 7) is 2.46. The molecule has 2 amide bonds. The molecule has 1 aliphatic carbocycles. The first-order valence-electron chi connectivity index (χ1n) is 10.1. The SMILES string of the molecule is CCOc1ccc(C(=O)Nc2ccccc2C(=O)N(C)C2CCCCC2)cc1Br. The van der Waals surface area contributed by atoms with E-state index in [9.17, 15) is 9.59 Å². The average Bonchev–Trinajstić information content (AvgIpc) is 2.75. The Morgan fingerprint density at radius 3 is 2.55 bits per heavy atom. The fraction of sp³-hybridized carbons (Fsp3) is 0.391. The van der Waals surface area contributed by atoms with E-state index in [0.29, 0.717) is 33.6 Å². The molecule has 5 nitrogen and oxygen atoms in total. The van der Waals surface area contributed by atoms with Crippen LogP contribution in [-0.4, -0.2) is 36.4 Å². The lowest BCUT2D eigenvalue weighted by molar-refractivity contribution is 0.0697. The number of carbonyl (C=O) groups excluding carboxylic acids is 2. The molecule has 29 heavy (non-hydrogen) atoms. The van der Waals surface area contributed by atoms with Gasteiger partial charge in [-0.15, -0.1) is 0 Å². The van der Waals surface area contributed by atoms with Gasteiger partial charge in [-0.25, -0.2) is 0 Å². The van der Waals surface area contributed by atoms with Crippen molar-refractivity contribution in [2.24, 2.45) is 0 Å². The maximum absolute atomic E-state index is 13.1. The van der Waals surface area contributed by atoms with Crippen LogP contribution in [0.25, 0.3) is 0 Å². The summed E-state index contributed by atoms with van der Waals surface area (Å²) in [4.78, 5) is 27.7. The van der Waals surface area contributed by atoms with Crippen molar-refractivity contribution >= 4 is 33.4 Å². The number of amides is 2. The lowest BCUT2D eigenvalue weighted by atomic mass is 9.94. The zero-order valence-electron chi connectivity index (χ0n) is 16.9. The molecular formula is C23H27BrN2O3. The number of anilines is 1. The number of benzene rings is 2. The summed E-state index contributed by atoms with van der Waals surface area (Å²) >= 11 is 3.44. The molecular weight excluding hydrogens is 432 g/mol. The quantitative estimate of drug-likeness (QED) is 0.620. The maximum Gasteiger partial charge on any atom is 0.255 e. The molecule has 0 bridgehead atoms. The number of hydrogen-bond acceptors (Lipinski definition) is 3. The van der Waals surface area contributed by atoms with Gasteiger partial charge in [0.15, 0.2) is 0 Å². The Labute approximate surface area is 180 Å². The predicted molar refractivity (Wildman–Crippen MR) is 119 cm³/mol. The molecule has 0 aromatic heterocycles. The van der Waals surface area contributed by atoms with Crippen molar-refractivity contribution in [1.29, 1.82) is 0 Å². The molecule has 1 aliphatic rings. The first kappa shape index (κ1) is 21.4. The zero-order valence-corrected chi connectivity index (χ0v) is 18.5. The van der Waals surface area contributed by atoms with E-state index < -0.39 is 0 Å². The normalized spacial score (nSPS) is 14.3. The van der Waals surface area contributed by atoms with E-state index in [0.717, 1.165) is 25.7 Å². The van der Waals surface area contributed by atoms with Crippen LogP contribution >= 0.6 is 15.9 Å². The number of carbonyl (C=O) groups is 2. The van der Waals surface area contributed by atoms with Gasteiger partial charge in [0.2, 0.25) is 0 Å². The van der Waals surface area contributed by atoms with Gasteiger partial charge in [-0.05, 0) is 66.0 Å². The van der Waals surface area contributed by atoms with E-state index >= 15 is 0 Å². The minimum atomic E-state index is -0.269. The summed E-state index contributed by atoms with van der Waals surface area (Å²) in [5, 5.41) is 2.90. The maximum atomic E-state index is 13.1. The van der Waals surface area contributed by atoms with Crippen molar-refractivity contribution in [3.8, 4) is 5.75 Å². The molecule has 0 unspecified atom stereocenters. The molecule has 0 atom stereocenters. The Kier molecular flexibility index (Phi) is 7.31. The summed E-state index contributed by atoms with van der Waals surface area (Å²) < 4.78 is 6.21. The Morgan fingerprint density at radius 1 is 1.14 bits per heavy atom. The fourth-order valence-electron chi connectivity index (χ4n) is 3.71. The number of hydrogen-bond donors (Lipinski definition) is 1. The number of para-hydroxylation sites is 1. The summed E-state index contributed by atoms with van der Waals surface area (Å²) in [5.41, 5.74) is 1.53. The first-order valence-corrected chi connectivity index (χ1v) is 10.9. The van der Waals surface area contributed by atoms with Gasteiger partial charge in [-0.1, -0.05) is 31.4 Å². The third-order valence-corrected chi connectivity index (χ3v) is 5.96. The molecule has 1 N–H and O–H groups in total. The molecule has 2 aromatic rings. The second-order valence-electron chi connectivity index (χ2n) is 7.29. The van der Waals surface area contributed by atoms with Crippen LogP contribution in [0.1, 0.15) is 59.7 Å². The minimum absolute atomic E-state index is 0.0549. The molecule has 0 saturated heterocycles. The molecule has 0 heterocycles. The Bertz CT molecular complexity index is 878. The molecule has 3 rings (SSSR count). The monoisotopic (exact) mass is 458 g/mol. The van der Waals surface area contributed by atoms with Crippen molar-refractivity contribution in [1.82, 2.24) is 4.90 Å². The van der Waals surface area contributed by atoms with E-state index in [1.54, 1.807) is 30.3 Å². The van der Waals surface area contributed by atoms with Gasteiger partial charge in [-0.2, -0.15) is 0 Å². The van der Waals surface area contributed by atoms with Crippen LogP contribution in [0.15, 0.2) is 46.9 Å². The third-order valence-electron chi connectivity index (χ3n) is 5.34. The van der Waals surface area contributed by atoms with Crippen molar-refractivity contribution in [3.63, 3.8) is 0 Å². The predicted octanol–water partition coefficient (Wildman–Crippen LogP) is 5.50. The van der Waals surface area contributed by atoms with E-state index in [-0.39, 0.29) is 17.9 Å². The first-order chi connectivity index (χ1) is 14.0. The van der Waals surface area contributed by atoms with Gasteiger partial charge in [0.05, 0.1) is 22.3 Å². The number of rotatable bonds is 6. The summed E-state index contributed by atoms with van der Waals surface area (Å²) in [7, 11) is 1.86. The second-order valence-corrected chi connectivity index (χ2v) is 8.14. The highest BCUT2D eigenvalue weighted by Gasteiger charge is 2.25. The van der Waals surface area contributed by atoms with Crippen LogP contribution in [0.2, 0.25) is 0 Å². The molecule has 0 aliphatic heterocycles. The van der Waals surface area contributed by atoms with Gasteiger partial charge < -0.3 is 15.0 Å². The Hall–Kier alpha value is -2.34. The molecule has 0 radical (unpaired) electrons. The van der Waals surface area contributed by atoms with Crippen LogP contribution in [-0.2, 0) is 0 Å². The molecule has 6 heteroatoms. The topological polar surface area (TPSA) is 58.6 Å². The van der Waals surface area contributed by atoms with Crippen LogP contribution < -0.4 is 10.1 Å². The van der Waals surface area contributed by atoms with Gasteiger partial charge in [-0.3, -0.25) is 9.59 Å². The highest BCUT2D eigenvalue weighted by atomic mass is 79.9. The van der Waals surface area contributed by atoms with Gasteiger partial charge in [0, 0.05) is 18.7 Å². The largest absolute Gasteiger partial charge is 0.493 e. The summed E-state index contributed by atoms with van der Waals surface area (Å²) in [5.74, 6) is 0.365. The van der Waals surface area contributed by atoms with E-state index in [4.69, 9.17) is 4.74 Å². The van der Waals surface area contributed by atoms with E-state index in [1.165, 1.54) is 6.42 Å². The lowest BCUT2D eigenvalue weighted by Crippen LogP contribution is -2.38. The highest BCUT2D eigenvalue weighted by Crippen LogP contribution is 2.28. The molecule has 2 aromatic carbocycles. The van der Waals surface area contributed by atoms with Gasteiger partial charge >= 0.3 is 0 Å². The molecule has 1 saturated carbocycles. The molecule has 154 valence electrons. The summed E-state index contributed by atoms with van der Waals surface area (Å²) in [6, 6.07) is 12.6. The fourth-order valence-corrected chi connectivity index (χ4v) is 4.21. The third kappa shape index (κ3) is 5.18. The minimum Gasteiger partial charge on any atom is -0.493 e. The second kappa shape index (κ2) is 9.92. The molecule has 0 spiro atoms. The zero-order chi connectivity index (χ0) is 20.8. The lowest BCUT2D eigenvalue weighted by Gasteiger charge is -2.31. The van der Waals surface area contributed by atoms with Crippen molar-refractivity contribution < 1.29 is 14.3 Å². The number of nitrogens with one attached hydrogen (secondary N) is 1. The van der Waals surface area contributed by atoms with Crippen LogP contribution in [0.5, 0.6) is 5.75 Å². The number of halogens is 1.